The number of hydrogen-bond donors (Lipinski definition) is 1. The Hall–Kier alpha value is -0.570. The number of hydrogen-bond acceptors (Lipinski definition) is 2. The predicted molar refractivity (Wildman–Crippen MR) is 51.1 cm³/mol. The van der Waals surface area contributed by atoms with E-state index in [9.17, 15) is 4.79 Å². The van der Waals surface area contributed by atoms with Crippen LogP contribution in [0, 0.1) is 5.92 Å². The lowest BCUT2D eigenvalue weighted by atomic mass is 10.1. The van der Waals surface area contributed by atoms with E-state index in [1.807, 2.05) is 4.90 Å². The zero-order chi connectivity index (χ0) is 9.26. The minimum Gasteiger partial charge on any atom is -0.328 e. The summed E-state index contributed by atoms with van der Waals surface area (Å²) in [6.07, 6.45) is 4.71. The maximum atomic E-state index is 11.7. The van der Waals surface area contributed by atoms with Gasteiger partial charge in [-0.1, -0.05) is 13.3 Å². The first-order valence-electron chi connectivity index (χ1n) is 5.33. The van der Waals surface area contributed by atoms with Crippen LogP contribution in [0.2, 0.25) is 0 Å². The first kappa shape index (κ1) is 9.00. The van der Waals surface area contributed by atoms with Crippen molar-refractivity contribution in [2.75, 3.05) is 13.2 Å². The van der Waals surface area contributed by atoms with Crippen molar-refractivity contribution in [3.8, 4) is 0 Å². The average Bonchev–Trinajstić information content (AvgIpc) is 2.86. The lowest BCUT2D eigenvalue weighted by Crippen LogP contribution is -2.31. The van der Waals surface area contributed by atoms with Crippen LogP contribution in [0.5, 0.6) is 0 Å². The van der Waals surface area contributed by atoms with Crippen LogP contribution in [0.25, 0.3) is 0 Å². The molecule has 1 N–H and O–H groups in total. The summed E-state index contributed by atoms with van der Waals surface area (Å²) in [6.45, 7) is 3.89. The van der Waals surface area contributed by atoms with Crippen LogP contribution >= 0.6 is 0 Å². The van der Waals surface area contributed by atoms with Gasteiger partial charge < -0.3 is 4.90 Å². The number of carbonyl (C=O) groups is 1. The predicted octanol–water partition coefficient (Wildman–Crippen LogP) is 0.954. The van der Waals surface area contributed by atoms with Crippen LogP contribution in [0.4, 0.5) is 0 Å². The quantitative estimate of drug-likeness (QED) is 0.702. The highest BCUT2D eigenvalue weighted by atomic mass is 16.2. The van der Waals surface area contributed by atoms with E-state index in [0.29, 0.717) is 5.91 Å². The topological polar surface area (TPSA) is 32.3 Å². The maximum absolute atomic E-state index is 11.7. The van der Waals surface area contributed by atoms with E-state index in [4.69, 9.17) is 0 Å². The Kier molecular flexibility index (Phi) is 2.54. The molecule has 2 aliphatic rings. The Bertz CT molecular complexity index is 201. The molecule has 1 aliphatic carbocycles. The minimum atomic E-state index is 0.115. The fraction of sp³-hybridized carbons (Fsp3) is 0.900. The minimum absolute atomic E-state index is 0.115. The zero-order valence-electron chi connectivity index (χ0n) is 8.25. The van der Waals surface area contributed by atoms with Crippen LogP contribution in [0.3, 0.4) is 0 Å². The molecule has 0 aromatic heterocycles. The van der Waals surface area contributed by atoms with E-state index < -0.39 is 0 Å². The third kappa shape index (κ3) is 2.02. The van der Waals surface area contributed by atoms with Crippen LogP contribution in [0.15, 0.2) is 0 Å². The Morgan fingerprint density at radius 3 is 2.92 bits per heavy atom. The Morgan fingerprint density at radius 2 is 2.31 bits per heavy atom. The number of nitrogens with one attached hydrogen (secondary N) is 1. The van der Waals surface area contributed by atoms with Crippen molar-refractivity contribution in [1.82, 2.24) is 10.2 Å². The molecule has 74 valence electrons. The van der Waals surface area contributed by atoms with Crippen LogP contribution in [0.1, 0.15) is 32.6 Å². The van der Waals surface area contributed by atoms with Crippen LogP contribution in [-0.2, 0) is 4.79 Å². The van der Waals surface area contributed by atoms with E-state index in [1.54, 1.807) is 0 Å². The second-order valence-corrected chi connectivity index (χ2v) is 4.21. The van der Waals surface area contributed by atoms with E-state index in [2.05, 4.69) is 12.2 Å². The molecule has 1 saturated carbocycles. The van der Waals surface area contributed by atoms with E-state index in [1.165, 1.54) is 12.8 Å². The molecule has 2 fully saturated rings. The van der Waals surface area contributed by atoms with Crippen molar-refractivity contribution in [3.05, 3.63) is 0 Å². The van der Waals surface area contributed by atoms with Crippen molar-refractivity contribution in [2.45, 2.75) is 38.6 Å². The third-order valence-electron chi connectivity index (χ3n) is 2.89. The molecule has 0 aromatic carbocycles. The number of rotatable bonds is 4. The maximum Gasteiger partial charge on any atom is 0.240 e. The molecule has 1 unspecified atom stereocenters. The zero-order valence-corrected chi connectivity index (χ0v) is 8.25. The van der Waals surface area contributed by atoms with Crippen molar-refractivity contribution in [3.63, 3.8) is 0 Å². The largest absolute Gasteiger partial charge is 0.328 e. The van der Waals surface area contributed by atoms with Gasteiger partial charge in [0, 0.05) is 6.54 Å². The van der Waals surface area contributed by atoms with Gasteiger partial charge in [0.2, 0.25) is 5.91 Å². The van der Waals surface area contributed by atoms with Crippen molar-refractivity contribution in [2.24, 2.45) is 5.92 Å². The number of carbonyl (C=O) groups excluding carboxylic acids is 1. The SMILES string of the molecule is CCCC1NCN(CC2CC2)C1=O. The summed E-state index contributed by atoms with van der Waals surface area (Å²) in [7, 11) is 0. The molecule has 1 heterocycles. The molecular formula is C10H18N2O. The van der Waals surface area contributed by atoms with Gasteiger partial charge in [0.1, 0.15) is 0 Å². The summed E-state index contributed by atoms with van der Waals surface area (Å²) in [5, 5.41) is 3.27. The van der Waals surface area contributed by atoms with Gasteiger partial charge in [-0.3, -0.25) is 10.1 Å². The summed E-state index contributed by atoms with van der Waals surface area (Å²) in [4.78, 5) is 13.7. The average molecular weight is 182 g/mol. The van der Waals surface area contributed by atoms with Gasteiger partial charge in [-0.2, -0.15) is 0 Å². The molecule has 0 aromatic rings. The van der Waals surface area contributed by atoms with E-state index in [0.717, 1.165) is 32.0 Å². The summed E-state index contributed by atoms with van der Waals surface area (Å²) in [6, 6.07) is 0.115. The van der Waals surface area contributed by atoms with Crippen LogP contribution < -0.4 is 5.32 Å². The van der Waals surface area contributed by atoms with Gasteiger partial charge in [0.05, 0.1) is 12.7 Å². The highest BCUT2D eigenvalue weighted by molar-refractivity contribution is 5.83. The molecule has 1 aliphatic heterocycles. The molecule has 3 heteroatoms. The van der Waals surface area contributed by atoms with E-state index >= 15 is 0 Å². The fourth-order valence-corrected chi connectivity index (χ4v) is 1.89. The molecule has 1 atom stereocenters. The van der Waals surface area contributed by atoms with E-state index in [-0.39, 0.29) is 6.04 Å². The molecule has 0 spiro atoms. The third-order valence-corrected chi connectivity index (χ3v) is 2.89. The van der Waals surface area contributed by atoms with Crippen molar-refractivity contribution < 1.29 is 4.79 Å². The van der Waals surface area contributed by atoms with Gasteiger partial charge in [0.15, 0.2) is 0 Å². The highest BCUT2D eigenvalue weighted by Crippen LogP contribution is 2.30. The highest BCUT2D eigenvalue weighted by Gasteiger charge is 2.34. The lowest BCUT2D eigenvalue weighted by molar-refractivity contribution is -0.129. The summed E-state index contributed by atoms with van der Waals surface area (Å²) < 4.78 is 0. The first-order chi connectivity index (χ1) is 6.31. The Labute approximate surface area is 79.5 Å². The second-order valence-electron chi connectivity index (χ2n) is 4.21. The van der Waals surface area contributed by atoms with Crippen LogP contribution in [-0.4, -0.2) is 30.1 Å². The molecule has 3 nitrogen and oxygen atoms in total. The number of nitrogens with zero attached hydrogens (tertiary/aromatic N) is 1. The Morgan fingerprint density at radius 1 is 1.54 bits per heavy atom. The lowest BCUT2D eigenvalue weighted by Gasteiger charge is -2.14. The van der Waals surface area contributed by atoms with Gasteiger partial charge in [-0.15, -0.1) is 0 Å². The molecule has 1 amide bonds. The standard InChI is InChI=1S/C10H18N2O/c1-2-3-9-10(13)12(7-11-9)6-8-4-5-8/h8-9,11H,2-7H2,1H3. The smallest absolute Gasteiger partial charge is 0.240 e. The van der Waals surface area contributed by atoms with Gasteiger partial charge in [0.25, 0.3) is 0 Å². The van der Waals surface area contributed by atoms with Gasteiger partial charge in [-0.25, -0.2) is 0 Å². The monoisotopic (exact) mass is 182 g/mol. The second kappa shape index (κ2) is 3.66. The van der Waals surface area contributed by atoms with Crippen molar-refractivity contribution >= 4 is 5.91 Å². The summed E-state index contributed by atoms with van der Waals surface area (Å²) in [5.41, 5.74) is 0. The molecular weight excluding hydrogens is 164 g/mol. The van der Waals surface area contributed by atoms with Gasteiger partial charge in [-0.05, 0) is 25.2 Å². The normalized spacial score (nSPS) is 28.5. The molecule has 0 radical (unpaired) electrons. The molecule has 2 rings (SSSR count). The summed E-state index contributed by atoms with van der Waals surface area (Å²) in [5.74, 6) is 1.14. The fourth-order valence-electron chi connectivity index (χ4n) is 1.89. The summed E-state index contributed by atoms with van der Waals surface area (Å²) >= 11 is 0. The number of amides is 1. The first-order valence-corrected chi connectivity index (χ1v) is 5.33. The van der Waals surface area contributed by atoms with Crippen molar-refractivity contribution in [1.29, 1.82) is 0 Å². The molecule has 13 heavy (non-hydrogen) atoms. The molecule has 0 bridgehead atoms. The molecule has 1 saturated heterocycles. The Balaban J connectivity index is 1.82. The van der Waals surface area contributed by atoms with Gasteiger partial charge >= 0.3 is 0 Å².